The largest absolute Gasteiger partial charge is 0.387 e. The lowest BCUT2D eigenvalue weighted by Crippen LogP contribution is -2.42. The van der Waals surface area contributed by atoms with Crippen molar-refractivity contribution >= 4 is 0 Å². The fraction of sp³-hybridized carbons (Fsp3) is 0.714. The van der Waals surface area contributed by atoms with Crippen LogP contribution >= 0.6 is 0 Å². The van der Waals surface area contributed by atoms with E-state index in [1.807, 2.05) is 0 Å². The van der Waals surface area contributed by atoms with Crippen LogP contribution in [0.15, 0.2) is 21.9 Å². The number of rotatable bonds is 3. The van der Waals surface area contributed by atoms with Crippen molar-refractivity contribution in [2.75, 3.05) is 19.6 Å². The zero-order chi connectivity index (χ0) is 15.7. The summed E-state index contributed by atoms with van der Waals surface area (Å²) in [6.07, 6.45) is 0.894. The maximum Gasteiger partial charge on any atom is 0.330 e. The van der Waals surface area contributed by atoms with E-state index in [-0.39, 0.29) is 0 Å². The first-order valence-electron chi connectivity index (χ1n) is 7.61. The van der Waals surface area contributed by atoms with E-state index in [0.717, 1.165) is 30.5 Å². The molecular weight excluding hydrogens is 290 g/mol. The van der Waals surface area contributed by atoms with Gasteiger partial charge in [-0.3, -0.25) is 14.3 Å². The van der Waals surface area contributed by atoms with Gasteiger partial charge in [0.25, 0.3) is 5.56 Å². The quantitative estimate of drug-likeness (QED) is 0.636. The molecular formula is C14H21N3O5. The number of aromatic nitrogens is 2. The first kappa shape index (κ1) is 15.4. The molecule has 8 heteroatoms. The molecule has 3 N–H and O–H groups in total. The summed E-state index contributed by atoms with van der Waals surface area (Å²) in [6.45, 7) is 2.42. The minimum Gasteiger partial charge on any atom is -0.387 e. The van der Waals surface area contributed by atoms with Crippen LogP contribution in [-0.4, -0.2) is 62.6 Å². The summed E-state index contributed by atoms with van der Waals surface area (Å²) in [7, 11) is 0. The summed E-state index contributed by atoms with van der Waals surface area (Å²) >= 11 is 0. The van der Waals surface area contributed by atoms with Crippen LogP contribution in [0.1, 0.15) is 25.5 Å². The van der Waals surface area contributed by atoms with E-state index in [4.69, 9.17) is 4.74 Å². The van der Waals surface area contributed by atoms with Crippen molar-refractivity contribution in [2.24, 2.45) is 0 Å². The van der Waals surface area contributed by atoms with Gasteiger partial charge in [-0.25, -0.2) is 4.79 Å². The maximum atomic E-state index is 11.8. The predicted molar refractivity (Wildman–Crippen MR) is 77.5 cm³/mol. The number of nitrogens with zero attached hydrogens (tertiary/aromatic N) is 2. The van der Waals surface area contributed by atoms with Crippen molar-refractivity contribution in [1.82, 2.24) is 14.5 Å². The van der Waals surface area contributed by atoms with Crippen molar-refractivity contribution in [1.29, 1.82) is 0 Å². The minimum absolute atomic E-state index is 0.515. The number of aliphatic hydroxyl groups is 2. The molecule has 1 aromatic rings. The molecule has 0 amide bonds. The first-order valence-corrected chi connectivity index (χ1v) is 7.61. The van der Waals surface area contributed by atoms with Crippen molar-refractivity contribution in [3.63, 3.8) is 0 Å². The Balaban J connectivity index is 1.74. The Bertz CT molecular complexity index is 621. The predicted octanol–water partition coefficient (Wildman–Crippen LogP) is -1.36. The standard InChI is InChI=1S/C14H21N3O5/c18-10-4-7-17(14(21)15-10)13-12(20)11(19)9(22-13)8-16-5-2-1-3-6-16/h4,7,9,11-13,19-20H,1-3,5-6,8H2,(H,15,18,21)/t9-,11-,12-,13-/m1/s1. The summed E-state index contributed by atoms with van der Waals surface area (Å²) in [4.78, 5) is 27.2. The third-order valence-electron chi connectivity index (χ3n) is 4.35. The van der Waals surface area contributed by atoms with Crippen LogP contribution in [0.2, 0.25) is 0 Å². The molecule has 1 aromatic heterocycles. The third-order valence-corrected chi connectivity index (χ3v) is 4.35. The average molecular weight is 311 g/mol. The molecule has 0 radical (unpaired) electrons. The fourth-order valence-electron chi connectivity index (χ4n) is 3.13. The Hall–Kier alpha value is -1.48. The Labute approximate surface area is 127 Å². The molecule has 3 rings (SSSR count). The molecule has 0 unspecified atom stereocenters. The van der Waals surface area contributed by atoms with Gasteiger partial charge in [0.15, 0.2) is 6.23 Å². The number of hydrogen-bond acceptors (Lipinski definition) is 6. The van der Waals surface area contributed by atoms with Gasteiger partial charge in [-0.05, 0) is 25.9 Å². The second-order valence-electron chi connectivity index (χ2n) is 5.92. The fourth-order valence-corrected chi connectivity index (χ4v) is 3.13. The smallest absolute Gasteiger partial charge is 0.330 e. The van der Waals surface area contributed by atoms with Crippen LogP contribution in [-0.2, 0) is 4.74 Å². The highest BCUT2D eigenvalue weighted by atomic mass is 16.6. The Morgan fingerprint density at radius 1 is 1.18 bits per heavy atom. The molecule has 2 fully saturated rings. The molecule has 0 aliphatic carbocycles. The van der Waals surface area contributed by atoms with Crippen LogP contribution in [0.5, 0.6) is 0 Å². The molecule has 2 aliphatic heterocycles. The molecule has 22 heavy (non-hydrogen) atoms. The van der Waals surface area contributed by atoms with Gasteiger partial charge in [-0.15, -0.1) is 0 Å². The number of aliphatic hydroxyl groups excluding tert-OH is 2. The molecule has 122 valence electrons. The molecule has 2 saturated heterocycles. The van der Waals surface area contributed by atoms with E-state index >= 15 is 0 Å². The highest BCUT2D eigenvalue weighted by Crippen LogP contribution is 2.29. The summed E-state index contributed by atoms with van der Waals surface area (Å²) in [6, 6.07) is 1.18. The lowest BCUT2D eigenvalue weighted by atomic mass is 10.1. The van der Waals surface area contributed by atoms with Gasteiger partial charge < -0.3 is 19.8 Å². The molecule has 0 aromatic carbocycles. The number of hydrogen-bond donors (Lipinski definition) is 3. The Kier molecular flexibility index (Phi) is 4.44. The van der Waals surface area contributed by atoms with E-state index in [2.05, 4.69) is 9.88 Å². The maximum absolute atomic E-state index is 11.8. The van der Waals surface area contributed by atoms with Crippen LogP contribution in [0, 0.1) is 0 Å². The van der Waals surface area contributed by atoms with Crippen LogP contribution in [0.3, 0.4) is 0 Å². The SMILES string of the molecule is O=c1ccn([C@@H]2O[C@H](CN3CCCCC3)[C@@H](O)[C@H]2O)c(=O)[nH]1. The van der Waals surface area contributed by atoms with E-state index in [1.165, 1.54) is 18.7 Å². The number of nitrogens with one attached hydrogen (secondary N) is 1. The van der Waals surface area contributed by atoms with E-state index in [0.29, 0.717) is 6.54 Å². The molecule has 3 heterocycles. The summed E-state index contributed by atoms with van der Waals surface area (Å²) < 4.78 is 6.80. The minimum atomic E-state index is -1.21. The van der Waals surface area contributed by atoms with Crippen molar-refractivity contribution in [2.45, 2.75) is 43.8 Å². The first-order chi connectivity index (χ1) is 10.6. The zero-order valence-corrected chi connectivity index (χ0v) is 12.2. The van der Waals surface area contributed by atoms with Gasteiger partial charge in [0.1, 0.15) is 18.3 Å². The van der Waals surface area contributed by atoms with Gasteiger partial charge in [0.2, 0.25) is 0 Å². The summed E-state index contributed by atoms with van der Waals surface area (Å²) in [5.41, 5.74) is -1.18. The number of aromatic amines is 1. The van der Waals surface area contributed by atoms with Crippen LogP contribution < -0.4 is 11.2 Å². The summed E-state index contributed by atoms with van der Waals surface area (Å²) in [5.74, 6) is 0. The lowest BCUT2D eigenvalue weighted by Gasteiger charge is -2.29. The normalized spacial score (nSPS) is 33.2. The molecule has 4 atom stereocenters. The van der Waals surface area contributed by atoms with Gasteiger partial charge in [-0.1, -0.05) is 6.42 Å². The molecule has 2 aliphatic rings. The molecule has 8 nitrogen and oxygen atoms in total. The van der Waals surface area contributed by atoms with E-state index < -0.39 is 35.8 Å². The van der Waals surface area contributed by atoms with Crippen LogP contribution in [0.25, 0.3) is 0 Å². The third kappa shape index (κ3) is 3.00. The highest BCUT2D eigenvalue weighted by molar-refractivity contribution is 4.94. The second-order valence-corrected chi connectivity index (χ2v) is 5.92. The molecule has 0 bridgehead atoms. The van der Waals surface area contributed by atoms with Gasteiger partial charge in [0, 0.05) is 18.8 Å². The van der Waals surface area contributed by atoms with Gasteiger partial charge >= 0.3 is 5.69 Å². The van der Waals surface area contributed by atoms with Gasteiger partial charge in [-0.2, -0.15) is 0 Å². The topological polar surface area (TPSA) is 108 Å². The van der Waals surface area contributed by atoms with Crippen molar-refractivity contribution in [3.05, 3.63) is 33.1 Å². The number of H-pyrrole nitrogens is 1. The Morgan fingerprint density at radius 2 is 1.91 bits per heavy atom. The van der Waals surface area contributed by atoms with Crippen LogP contribution in [0.4, 0.5) is 0 Å². The number of ether oxygens (including phenoxy) is 1. The molecule has 0 spiro atoms. The number of piperidine rings is 1. The highest BCUT2D eigenvalue weighted by Gasteiger charge is 2.44. The Morgan fingerprint density at radius 3 is 2.59 bits per heavy atom. The monoisotopic (exact) mass is 311 g/mol. The summed E-state index contributed by atoms with van der Waals surface area (Å²) in [5, 5.41) is 20.3. The lowest BCUT2D eigenvalue weighted by molar-refractivity contribution is -0.0496. The zero-order valence-electron chi connectivity index (χ0n) is 12.2. The molecule has 0 saturated carbocycles. The van der Waals surface area contributed by atoms with Crippen molar-refractivity contribution < 1.29 is 14.9 Å². The van der Waals surface area contributed by atoms with Crippen molar-refractivity contribution in [3.8, 4) is 0 Å². The van der Waals surface area contributed by atoms with Gasteiger partial charge in [0.05, 0.1) is 0 Å². The van der Waals surface area contributed by atoms with E-state index in [1.54, 1.807) is 0 Å². The second kappa shape index (κ2) is 6.33. The van der Waals surface area contributed by atoms with E-state index in [9.17, 15) is 19.8 Å². The number of likely N-dealkylation sites (tertiary alicyclic amines) is 1. The average Bonchev–Trinajstić information content (AvgIpc) is 2.77.